The third kappa shape index (κ3) is 5.19. The molecule has 0 spiro atoms. The number of nitrogens with one attached hydrogen (secondary N) is 2. The number of ether oxygens (including phenoxy) is 1. The molecule has 0 fully saturated rings. The first kappa shape index (κ1) is 24.0. The summed E-state index contributed by atoms with van der Waals surface area (Å²) in [6.45, 7) is 3.51. The predicted molar refractivity (Wildman–Crippen MR) is 132 cm³/mol. The Hall–Kier alpha value is -4.13. The summed E-state index contributed by atoms with van der Waals surface area (Å²) in [5.41, 5.74) is 4.92. The molecule has 3 aromatic carbocycles. The summed E-state index contributed by atoms with van der Waals surface area (Å²) in [5, 5.41) is 14.6. The zero-order chi connectivity index (χ0) is 24.9. The number of hydrogen-bond acceptors (Lipinski definition) is 4. The number of carbonyl (C=O) groups excluding carboxylic acids is 2. The van der Waals surface area contributed by atoms with E-state index in [2.05, 4.69) is 22.8 Å². The Morgan fingerprint density at radius 3 is 1.91 bits per heavy atom. The van der Waals surface area contributed by atoms with Crippen LogP contribution in [-0.2, 0) is 14.3 Å². The van der Waals surface area contributed by atoms with Gasteiger partial charge in [-0.15, -0.1) is 0 Å². The molecule has 1 aliphatic rings. The summed E-state index contributed by atoms with van der Waals surface area (Å²) in [7, 11) is 0. The maximum absolute atomic E-state index is 13.0. The summed E-state index contributed by atoms with van der Waals surface area (Å²) >= 11 is 0. The van der Waals surface area contributed by atoms with Crippen LogP contribution >= 0.6 is 0 Å². The van der Waals surface area contributed by atoms with Crippen LogP contribution in [0.4, 0.5) is 4.79 Å². The highest BCUT2D eigenvalue weighted by Gasteiger charge is 2.32. The molecule has 3 aromatic rings. The van der Waals surface area contributed by atoms with Crippen LogP contribution in [0.1, 0.15) is 42.5 Å². The topological polar surface area (TPSA) is 105 Å². The molecule has 0 heterocycles. The van der Waals surface area contributed by atoms with E-state index in [1.807, 2.05) is 36.4 Å². The molecule has 7 heteroatoms. The number of carbonyl (C=O) groups is 3. The average molecular weight is 473 g/mol. The minimum absolute atomic E-state index is 0.104. The molecule has 0 bridgehead atoms. The molecule has 0 aliphatic heterocycles. The van der Waals surface area contributed by atoms with E-state index in [1.165, 1.54) is 0 Å². The molecule has 2 amide bonds. The highest BCUT2D eigenvalue weighted by molar-refractivity contribution is 5.90. The van der Waals surface area contributed by atoms with E-state index < -0.39 is 30.1 Å². The van der Waals surface area contributed by atoms with E-state index in [4.69, 9.17) is 4.74 Å². The standard InChI is InChI=1S/C28H28N2O5/c1-17(2)24(27(32)33)29-26(31)25(18-10-4-3-5-11-18)30-28(34)35-16-23-21-14-8-6-12-19(21)20-13-7-9-15-22(20)23/h3-15,17,23-25H,16H2,1-2H3,(H,29,31)(H,30,34)(H,32,33)/t24-,25+/m0/s1. The fraction of sp³-hybridized carbons (Fsp3) is 0.250. The molecule has 0 unspecified atom stereocenters. The van der Waals surface area contributed by atoms with Crippen molar-refractivity contribution >= 4 is 18.0 Å². The zero-order valence-electron chi connectivity index (χ0n) is 19.6. The van der Waals surface area contributed by atoms with E-state index >= 15 is 0 Å². The molecule has 0 aromatic heterocycles. The van der Waals surface area contributed by atoms with Crippen molar-refractivity contribution in [3.63, 3.8) is 0 Å². The van der Waals surface area contributed by atoms with Gasteiger partial charge in [0.2, 0.25) is 5.91 Å². The molecule has 0 saturated heterocycles. The predicted octanol–water partition coefficient (Wildman–Crippen LogP) is 4.49. The molecular formula is C28H28N2O5. The van der Waals surface area contributed by atoms with Gasteiger partial charge in [0.1, 0.15) is 18.7 Å². The number of rotatable bonds is 8. The molecule has 180 valence electrons. The number of benzene rings is 3. The first-order chi connectivity index (χ1) is 16.9. The second-order valence-corrected chi connectivity index (χ2v) is 8.88. The summed E-state index contributed by atoms with van der Waals surface area (Å²) in [4.78, 5) is 37.5. The van der Waals surface area contributed by atoms with Crippen molar-refractivity contribution in [2.24, 2.45) is 5.92 Å². The minimum Gasteiger partial charge on any atom is -0.480 e. The fourth-order valence-corrected chi connectivity index (χ4v) is 4.45. The van der Waals surface area contributed by atoms with E-state index in [9.17, 15) is 19.5 Å². The highest BCUT2D eigenvalue weighted by atomic mass is 16.5. The number of amides is 2. The molecular weight excluding hydrogens is 444 g/mol. The van der Waals surface area contributed by atoms with Gasteiger partial charge in [0.25, 0.3) is 0 Å². The largest absolute Gasteiger partial charge is 0.480 e. The van der Waals surface area contributed by atoms with E-state index in [0.717, 1.165) is 22.3 Å². The SMILES string of the molecule is CC(C)[C@H](NC(=O)[C@H](NC(=O)OCC1c2ccccc2-c2ccccc21)c1ccccc1)C(=O)O. The van der Waals surface area contributed by atoms with Gasteiger partial charge in [-0.25, -0.2) is 9.59 Å². The first-order valence-electron chi connectivity index (χ1n) is 11.6. The first-order valence-corrected chi connectivity index (χ1v) is 11.6. The van der Waals surface area contributed by atoms with Crippen LogP contribution < -0.4 is 10.6 Å². The molecule has 7 nitrogen and oxygen atoms in total. The number of carboxylic acids is 1. The molecule has 1 aliphatic carbocycles. The van der Waals surface area contributed by atoms with Crippen molar-refractivity contribution in [1.29, 1.82) is 0 Å². The normalized spacial score (nSPS) is 13.9. The van der Waals surface area contributed by atoms with Gasteiger partial charge in [-0.1, -0.05) is 92.7 Å². The molecule has 3 N–H and O–H groups in total. The van der Waals surface area contributed by atoms with Crippen LogP contribution in [0, 0.1) is 5.92 Å². The molecule has 0 radical (unpaired) electrons. The number of hydrogen-bond donors (Lipinski definition) is 3. The minimum atomic E-state index is -1.14. The maximum atomic E-state index is 13.0. The molecule has 35 heavy (non-hydrogen) atoms. The lowest BCUT2D eigenvalue weighted by atomic mass is 9.98. The Bertz CT molecular complexity index is 1180. The van der Waals surface area contributed by atoms with Gasteiger partial charge in [0, 0.05) is 5.92 Å². The van der Waals surface area contributed by atoms with E-state index in [1.54, 1.807) is 44.2 Å². The van der Waals surface area contributed by atoms with Gasteiger partial charge in [-0.05, 0) is 33.7 Å². The summed E-state index contributed by atoms with van der Waals surface area (Å²) < 4.78 is 5.60. The Kier molecular flexibility index (Phi) is 7.15. The van der Waals surface area contributed by atoms with Gasteiger partial charge in [-0.3, -0.25) is 4.79 Å². The van der Waals surface area contributed by atoms with Gasteiger partial charge in [0.05, 0.1) is 0 Å². The van der Waals surface area contributed by atoms with Crippen LogP contribution in [0.3, 0.4) is 0 Å². The number of aliphatic carboxylic acids is 1. The Balaban J connectivity index is 1.49. The summed E-state index contributed by atoms with van der Waals surface area (Å²) in [5.74, 6) is -2.20. The van der Waals surface area contributed by atoms with Crippen molar-refractivity contribution < 1.29 is 24.2 Å². The zero-order valence-corrected chi connectivity index (χ0v) is 19.6. The van der Waals surface area contributed by atoms with Crippen molar-refractivity contribution in [2.75, 3.05) is 6.61 Å². The summed E-state index contributed by atoms with van der Waals surface area (Å²) in [6, 6.07) is 22.5. The van der Waals surface area contributed by atoms with Crippen LogP contribution in [0.5, 0.6) is 0 Å². The van der Waals surface area contributed by atoms with Crippen molar-refractivity contribution in [2.45, 2.75) is 31.8 Å². The van der Waals surface area contributed by atoms with Gasteiger partial charge < -0.3 is 20.5 Å². The lowest BCUT2D eigenvalue weighted by Gasteiger charge is -2.23. The van der Waals surface area contributed by atoms with Crippen molar-refractivity contribution in [3.8, 4) is 11.1 Å². The van der Waals surface area contributed by atoms with Crippen LogP contribution in [0.2, 0.25) is 0 Å². The van der Waals surface area contributed by atoms with Gasteiger partial charge >= 0.3 is 12.1 Å². The average Bonchev–Trinajstić information content (AvgIpc) is 3.18. The Morgan fingerprint density at radius 1 is 0.829 bits per heavy atom. The Labute approximate surface area is 204 Å². The van der Waals surface area contributed by atoms with Gasteiger partial charge in [-0.2, -0.15) is 0 Å². The lowest BCUT2D eigenvalue weighted by molar-refractivity contribution is -0.143. The highest BCUT2D eigenvalue weighted by Crippen LogP contribution is 2.44. The molecule has 0 saturated carbocycles. The van der Waals surface area contributed by atoms with Gasteiger partial charge in [0.15, 0.2) is 0 Å². The van der Waals surface area contributed by atoms with Crippen LogP contribution in [0.15, 0.2) is 78.9 Å². The second-order valence-electron chi connectivity index (χ2n) is 8.88. The van der Waals surface area contributed by atoms with Crippen molar-refractivity contribution in [3.05, 3.63) is 95.6 Å². The monoisotopic (exact) mass is 472 g/mol. The summed E-state index contributed by atoms with van der Waals surface area (Å²) in [6.07, 6.45) is -0.757. The third-order valence-corrected chi connectivity index (χ3v) is 6.23. The maximum Gasteiger partial charge on any atom is 0.408 e. The lowest BCUT2D eigenvalue weighted by Crippen LogP contribution is -2.49. The quantitative estimate of drug-likeness (QED) is 0.448. The van der Waals surface area contributed by atoms with Crippen LogP contribution in [-0.4, -0.2) is 35.7 Å². The fourth-order valence-electron chi connectivity index (χ4n) is 4.45. The number of carboxylic acid groups (broad SMARTS) is 1. The second kappa shape index (κ2) is 10.4. The Morgan fingerprint density at radius 2 is 1.37 bits per heavy atom. The van der Waals surface area contributed by atoms with E-state index in [0.29, 0.717) is 5.56 Å². The van der Waals surface area contributed by atoms with Crippen molar-refractivity contribution in [1.82, 2.24) is 10.6 Å². The number of alkyl carbamates (subject to hydrolysis) is 1. The smallest absolute Gasteiger partial charge is 0.408 e. The number of fused-ring (bicyclic) bond motifs is 3. The molecule has 4 rings (SSSR count). The van der Waals surface area contributed by atoms with Crippen LogP contribution in [0.25, 0.3) is 11.1 Å². The molecule has 2 atom stereocenters. The third-order valence-electron chi connectivity index (χ3n) is 6.23. The van der Waals surface area contributed by atoms with E-state index in [-0.39, 0.29) is 18.4 Å².